The van der Waals surface area contributed by atoms with Gasteiger partial charge < -0.3 is 10.1 Å². The summed E-state index contributed by atoms with van der Waals surface area (Å²) in [6.45, 7) is 4.02. The molecule has 7 heteroatoms. The third-order valence-corrected chi connectivity index (χ3v) is 7.83. The first kappa shape index (κ1) is 22.3. The van der Waals surface area contributed by atoms with Crippen molar-refractivity contribution in [1.82, 2.24) is 0 Å². The lowest BCUT2D eigenvalue weighted by atomic mass is 9.99. The number of anilines is 2. The highest BCUT2D eigenvalue weighted by atomic mass is 32.1. The Balaban J connectivity index is 1.48. The largest absolute Gasteiger partial charge is 0.497 e. The van der Waals surface area contributed by atoms with Gasteiger partial charge in [-0.3, -0.25) is 19.5 Å². The normalized spacial score (nSPS) is 14.9. The molecule has 6 nitrogen and oxygen atoms in total. The maximum atomic E-state index is 13.2. The molecule has 2 aromatic carbocycles. The first-order valence-electron chi connectivity index (χ1n) is 11.5. The van der Waals surface area contributed by atoms with E-state index in [1.165, 1.54) is 16.0 Å². The van der Waals surface area contributed by atoms with Crippen LogP contribution in [-0.4, -0.2) is 37.7 Å². The van der Waals surface area contributed by atoms with Gasteiger partial charge in [0.1, 0.15) is 23.8 Å². The molecule has 0 saturated heterocycles. The van der Waals surface area contributed by atoms with Crippen LogP contribution < -0.4 is 15.0 Å². The predicted octanol–water partition coefficient (Wildman–Crippen LogP) is 4.68. The van der Waals surface area contributed by atoms with Crippen molar-refractivity contribution in [1.29, 1.82) is 0 Å². The Morgan fingerprint density at radius 3 is 2.65 bits per heavy atom. The van der Waals surface area contributed by atoms with Gasteiger partial charge in [0, 0.05) is 21.7 Å². The number of carbonyl (C=O) groups is 2. The van der Waals surface area contributed by atoms with Crippen LogP contribution in [0.3, 0.4) is 0 Å². The molecule has 0 fully saturated rings. The van der Waals surface area contributed by atoms with Gasteiger partial charge in [0.25, 0.3) is 0 Å². The van der Waals surface area contributed by atoms with Gasteiger partial charge in [-0.15, -0.1) is 11.3 Å². The Kier molecular flexibility index (Phi) is 5.96. The summed E-state index contributed by atoms with van der Waals surface area (Å²) in [6, 6.07) is 13.6. The van der Waals surface area contributed by atoms with Crippen LogP contribution in [0.5, 0.6) is 5.75 Å². The third kappa shape index (κ3) is 4.12. The van der Waals surface area contributed by atoms with Gasteiger partial charge in [0.05, 0.1) is 12.8 Å². The average Bonchev–Trinajstić information content (AvgIpc) is 3.39. The lowest BCUT2D eigenvalue weighted by Gasteiger charge is -2.20. The molecule has 0 unspecified atom stereocenters. The van der Waals surface area contributed by atoms with Crippen molar-refractivity contribution < 1.29 is 14.3 Å². The van der Waals surface area contributed by atoms with Gasteiger partial charge >= 0.3 is 0 Å². The summed E-state index contributed by atoms with van der Waals surface area (Å²) < 4.78 is 5.31. The van der Waals surface area contributed by atoms with Crippen molar-refractivity contribution in [2.45, 2.75) is 33.1 Å². The molecule has 0 bridgehead atoms. The van der Waals surface area contributed by atoms with Gasteiger partial charge in [0.2, 0.25) is 11.8 Å². The summed E-state index contributed by atoms with van der Waals surface area (Å²) in [7, 11) is 1.64. The summed E-state index contributed by atoms with van der Waals surface area (Å²) in [6.07, 6.45) is 3.07. The lowest BCUT2D eigenvalue weighted by Crippen LogP contribution is -2.38. The number of thiophene rings is 1. The maximum absolute atomic E-state index is 13.2. The quantitative estimate of drug-likeness (QED) is 0.585. The Bertz CT molecular complexity index is 1310. The van der Waals surface area contributed by atoms with Crippen LogP contribution in [0.2, 0.25) is 0 Å². The summed E-state index contributed by atoms with van der Waals surface area (Å²) in [5.41, 5.74) is 7.06. The van der Waals surface area contributed by atoms with E-state index in [4.69, 9.17) is 9.73 Å². The van der Waals surface area contributed by atoms with Crippen LogP contribution in [0, 0.1) is 13.8 Å². The summed E-state index contributed by atoms with van der Waals surface area (Å²) in [5.74, 6) is 0.387. The Morgan fingerprint density at radius 1 is 1.12 bits per heavy atom. The van der Waals surface area contributed by atoms with E-state index in [9.17, 15) is 9.59 Å². The van der Waals surface area contributed by atoms with E-state index in [1.54, 1.807) is 23.3 Å². The molecule has 1 aliphatic carbocycles. The second kappa shape index (κ2) is 9.06. The molecule has 2 aliphatic rings. The zero-order chi connectivity index (χ0) is 23.8. The molecular weight excluding hydrogens is 446 g/mol. The second-order valence-corrected chi connectivity index (χ2v) is 9.84. The van der Waals surface area contributed by atoms with Gasteiger partial charge in [-0.2, -0.15) is 0 Å². The molecule has 0 saturated carbocycles. The number of aryl methyl sites for hydroxylation is 3. The molecule has 0 spiro atoms. The molecular formula is C27H27N3O3S. The van der Waals surface area contributed by atoms with Gasteiger partial charge in [-0.1, -0.05) is 6.07 Å². The minimum Gasteiger partial charge on any atom is -0.497 e. The highest BCUT2D eigenvalue weighted by Gasteiger charge is 2.34. The lowest BCUT2D eigenvalue weighted by molar-refractivity contribution is -0.120. The number of nitrogens with one attached hydrogen (secondary N) is 1. The Morgan fingerprint density at radius 2 is 1.91 bits per heavy atom. The van der Waals surface area contributed by atoms with Gasteiger partial charge in [0.15, 0.2) is 0 Å². The van der Waals surface area contributed by atoms with Crippen LogP contribution >= 0.6 is 11.3 Å². The first-order valence-corrected chi connectivity index (χ1v) is 12.3. The fraction of sp³-hybridized carbons (Fsp3) is 0.296. The number of rotatable bonds is 5. The standard InChI is InChI=1S/C27H27N3O3S/c1-16-7-10-19(13-17(16)2)29-23(31)15-30-24(32)14-28-26(18-8-11-20(33-3)12-9-18)25-21-5-4-6-22(21)34-27(25)30/h7-13H,4-6,14-15H2,1-3H3,(H,29,31). The molecule has 0 atom stereocenters. The predicted molar refractivity (Wildman–Crippen MR) is 137 cm³/mol. The zero-order valence-corrected chi connectivity index (χ0v) is 20.4. The number of nitrogens with zero attached hydrogens (tertiary/aromatic N) is 2. The number of methoxy groups -OCH3 is 1. The number of hydrogen-bond acceptors (Lipinski definition) is 5. The molecule has 2 amide bonds. The minimum absolute atomic E-state index is 0.00839. The van der Waals surface area contributed by atoms with Crippen LogP contribution in [0.1, 0.15) is 39.1 Å². The number of carbonyl (C=O) groups excluding carboxylic acids is 2. The molecule has 1 aromatic heterocycles. The van der Waals surface area contributed by atoms with E-state index >= 15 is 0 Å². The van der Waals surface area contributed by atoms with Crippen molar-refractivity contribution in [3.63, 3.8) is 0 Å². The fourth-order valence-corrected chi connectivity index (χ4v) is 5.96. The summed E-state index contributed by atoms with van der Waals surface area (Å²) in [5, 5.41) is 3.79. The van der Waals surface area contributed by atoms with E-state index in [0.29, 0.717) is 0 Å². The molecule has 34 heavy (non-hydrogen) atoms. The van der Waals surface area contributed by atoms with Crippen LogP contribution in [0.4, 0.5) is 10.7 Å². The molecule has 5 rings (SSSR count). The average molecular weight is 474 g/mol. The van der Waals surface area contributed by atoms with Crippen molar-refractivity contribution >= 4 is 39.6 Å². The van der Waals surface area contributed by atoms with Crippen LogP contribution in [0.25, 0.3) is 0 Å². The Hall–Kier alpha value is -3.45. The third-order valence-electron chi connectivity index (χ3n) is 6.51. The molecule has 2 heterocycles. The number of fused-ring (bicyclic) bond motifs is 3. The maximum Gasteiger partial charge on any atom is 0.249 e. The zero-order valence-electron chi connectivity index (χ0n) is 19.6. The molecule has 3 aromatic rings. The van der Waals surface area contributed by atoms with E-state index in [-0.39, 0.29) is 24.9 Å². The van der Waals surface area contributed by atoms with Crippen molar-refractivity contribution in [3.8, 4) is 5.75 Å². The second-order valence-electron chi connectivity index (χ2n) is 8.76. The smallest absolute Gasteiger partial charge is 0.249 e. The number of benzene rings is 2. The summed E-state index contributed by atoms with van der Waals surface area (Å²) >= 11 is 1.63. The van der Waals surface area contributed by atoms with Crippen molar-refractivity contribution in [3.05, 3.63) is 75.2 Å². The molecule has 1 aliphatic heterocycles. The Labute approximate surface area is 203 Å². The number of hydrogen-bond donors (Lipinski definition) is 1. The molecule has 0 radical (unpaired) electrons. The van der Waals surface area contributed by atoms with E-state index in [2.05, 4.69) is 5.32 Å². The van der Waals surface area contributed by atoms with Crippen molar-refractivity contribution in [2.24, 2.45) is 4.99 Å². The highest BCUT2D eigenvalue weighted by molar-refractivity contribution is 7.17. The van der Waals surface area contributed by atoms with Gasteiger partial charge in [-0.05, 0) is 86.2 Å². The highest BCUT2D eigenvalue weighted by Crippen LogP contribution is 2.43. The van der Waals surface area contributed by atoms with E-state index < -0.39 is 0 Å². The minimum atomic E-state index is -0.219. The van der Waals surface area contributed by atoms with Gasteiger partial charge in [-0.25, -0.2) is 0 Å². The monoisotopic (exact) mass is 473 g/mol. The SMILES string of the molecule is COc1ccc(C2=NCC(=O)N(CC(=O)Nc3ccc(C)c(C)c3)c3sc4c(c32)CCC4)cc1. The molecule has 174 valence electrons. The molecule has 1 N–H and O–H groups in total. The number of ether oxygens (including phenoxy) is 1. The van der Waals surface area contributed by atoms with E-state index in [1.807, 2.05) is 56.3 Å². The number of aliphatic imine (C=N–C) groups is 1. The van der Waals surface area contributed by atoms with Crippen LogP contribution in [-0.2, 0) is 22.4 Å². The van der Waals surface area contributed by atoms with E-state index in [0.717, 1.165) is 58.1 Å². The topological polar surface area (TPSA) is 71.0 Å². The first-order chi connectivity index (χ1) is 16.4. The number of amides is 2. The van der Waals surface area contributed by atoms with Crippen LogP contribution in [0.15, 0.2) is 47.5 Å². The summed E-state index contributed by atoms with van der Waals surface area (Å²) in [4.78, 5) is 33.8. The fourth-order valence-electron chi connectivity index (χ4n) is 4.56. The van der Waals surface area contributed by atoms with Crippen molar-refractivity contribution in [2.75, 3.05) is 30.4 Å².